The van der Waals surface area contributed by atoms with E-state index in [1.165, 1.54) is 17.8 Å². The number of carbonyl (C=O) groups excluding carboxylic acids is 1. The maximum Gasteiger partial charge on any atom is 0.416 e. The highest BCUT2D eigenvalue weighted by molar-refractivity contribution is 7.99. The van der Waals surface area contributed by atoms with Gasteiger partial charge in [-0.2, -0.15) is 13.2 Å². The van der Waals surface area contributed by atoms with Gasteiger partial charge >= 0.3 is 6.18 Å². The average Bonchev–Trinajstić information content (AvgIpc) is 2.68. The number of Topliss-reactive ketones (excluding diaryl/α,β-unsaturated/α-hetero) is 1. The number of benzene rings is 2. The van der Waals surface area contributed by atoms with E-state index >= 15 is 0 Å². The van der Waals surface area contributed by atoms with Crippen molar-refractivity contribution in [1.29, 1.82) is 0 Å². The predicted octanol–water partition coefficient (Wildman–Crippen LogP) is 5.36. The van der Waals surface area contributed by atoms with Crippen molar-refractivity contribution in [1.82, 2.24) is 4.90 Å². The fourth-order valence-electron chi connectivity index (χ4n) is 3.73. The Balaban J connectivity index is 1.56. The van der Waals surface area contributed by atoms with Gasteiger partial charge < -0.3 is 9.80 Å². The van der Waals surface area contributed by atoms with Crippen LogP contribution in [0.3, 0.4) is 0 Å². The molecule has 0 N–H and O–H groups in total. The van der Waals surface area contributed by atoms with Crippen molar-refractivity contribution in [2.24, 2.45) is 0 Å². The van der Waals surface area contributed by atoms with Gasteiger partial charge in [0.2, 0.25) is 0 Å². The topological polar surface area (TPSA) is 23.6 Å². The summed E-state index contributed by atoms with van der Waals surface area (Å²) in [5.74, 6) is 0.312. The Hall–Kier alpha value is -1.99. The maximum atomic E-state index is 13.2. The lowest BCUT2D eigenvalue weighted by Gasteiger charge is -2.34. The second-order valence-electron chi connectivity index (χ2n) is 7.14. The van der Waals surface area contributed by atoms with Crippen LogP contribution in [-0.4, -0.2) is 36.9 Å². The van der Waals surface area contributed by atoms with E-state index in [2.05, 4.69) is 4.90 Å². The number of halogens is 3. The lowest BCUT2D eigenvalue weighted by Crippen LogP contribution is -2.36. The van der Waals surface area contributed by atoms with Crippen LogP contribution in [0.15, 0.2) is 52.3 Å². The van der Waals surface area contributed by atoms with Crippen molar-refractivity contribution in [3.63, 3.8) is 0 Å². The molecule has 0 atom stereocenters. The summed E-state index contributed by atoms with van der Waals surface area (Å²) >= 11 is 1.51. The highest BCUT2D eigenvalue weighted by atomic mass is 32.2. The van der Waals surface area contributed by atoms with Gasteiger partial charge in [-0.15, -0.1) is 0 Å². The highest BCUT2D eigenvalue weighted by Crippen LogP contribution is 2.49. The molecule has 0 unspecified atom stereocenters. The first kappa shape index (κ1) is 19.3. The molecular weight excluding hydrogens is 385 g/mol. The summed E-state index contributed by atoms with van der Waals surface area (Å²) in [6.07, 6.45) is -2.34. The Morgan fingerprint density at radius 1 is 0.929 bits per heavy atom. The molecule has 148 valence electrons. The van der Waals surface area contributed by atoms with E-state index in [0.717, 1.165) is 47.6 Å². The van der Waals surface area contributed by atoms with Gasteiger partial charge in [0.1, 0.15) is 5.78 Å². The molecule has 0 aromatic heterocycles. The number of piperidine rings is 1. The van der Waals surface area contributed by atoms with Crippen LogP contribution in [0.5, 0.6) is 0 Å². The highest BCUT2D eigenvalue weighted by Gasteiger charge is 2.33. The van der Waals surface area contributed by atoms with Crippen LogP contribution in [0.25, 0.3) is 0 Å². The zero-order valence-electron chi connectivity index (χ0n) is 15.3. The zero-order chi connectivity index (χ0) is 19.7. The van der Waals surface area contributed by atoms with Crippen molar-refractivity contribution in [2.45, 2.75) is 35.2 Å². The van der Waals surface area contributed by atoms with Crippen molar-refractivity contribution in [2.75, 3.05) is 31.1 Å². The monoisotopic (exact) mass is 406 g/mol. The van der Waals surface area contributed by atoms with Gasteiger partial charge in [0.05, 0.1) is 16.9 Å². The Kier molecular flexibility index (Phi) is 5.38. The molecule has 4 rings (SSSR count). The third-order valence-electron chi connectivity index (χ3n) is 5.22. The molecule has 0 radical (unpaired) electrons. The van der Waals surface area contributed by atoms with Gasteiger partial charge in [0.15, 0.2) is 0 Å². The van der Waals surface area contributed by atoms with Crippen molar-refractivity contribution in [3.8, 4) is 0 Å². The third-order valence-corrected chi connectivity index (χ3v) is 6.35. The fraction of sp³-hybridized carbons (Fsp3) is 0.381. The Morgan fingerprint density at radius 2 is 1.64 bits per heavy atom. The van der Waals surface area contributed by atoms with Gasteiger partial charge in [-0.25, -0.2) is 0 Å². The minimum Gasteiger partial charge on any atom is -0.340 e. The van der Waals surface area contributed by atoms with E-state index in [1.807, 2.05) is 29.2 Å². The van der Waals surface area contributed by atoms with Gasteiger partial charge in [-0.05, 0) is 43.3 Å². The number of nitrogens with zero attached hydrogens (tertiary/aromatic N) is 2. The van der Waals surface area contributed by atoms with Gasteiger partial charge in [-0.3, -0.25) is 4.79 Å². The molecular formula is C21H21F3N2OS. The number of alkyl halides is 3. The molecule has 2 aromatic carbocycles. The number of anilines is 2. The quantitative estimate of drug-likeness (QED) is 0.682. The number of hydrogen-bond donors (Lipinski definition) is 0. The van der Waals surface area contributed by atoms with Crippen LogP contribution in [0.2, 0.25) is 0 Å². The van der Waals surface area contributed by atoms with Crippen LogP contribution in [0, 0.1) is 0 Å². The number of para-hydroxylation sites is 1. The van der Waals surface area contributed by atoms with E-state index in [1.54, 1.807) is 6.07 Å². The second-order valence-corrected chi connectivity index (χ2v) is 8.22. The van der Waals surface area contributed by atoms with Crippen molar-refractivity contribution < 1.29 is 18.0 Å². The summed E-state index contributed by atoms with van der Waals surface area (Å²) < 4.78 is 39.7. The molecule has 0 spiro atoms. The predicted molar refractivity (Wildman–Crippen MR) is 104 cm³/mol. The summed E-state index contributed by atoms with van der Waals surface area (Å²) in [4.78, 5) is 17.6. The molecule has 0 bridgehead atoms. The second kappa shape index (κ2) is 7.79. The van der Waals surface area contributed by atoms with E-state index in [-0.39, 0.29) is 0 Å². The van der Waals surface area contributed by atoms with Crippen LogP contribution in [0.4, 0.5) is 24.5 Å². The van der Waals surface area contributed by atoms with E-state index in [9.17, 15) is 18.0 Å². The minimum atomic E-state index is -4.36. The van der Waals surface area contributed by atoms with Crippen molar-refractivity contribution in [3.05, 3.63) is 48.0 Å². The summed E-state index contributed by atoms with van der Waals surface area (Å²) in [6, 6.07) is 11.8. The normalized spacial score (nSPS) is 17.4. The average molecular weight is 406 g/mol. The van der Waals surface area contributed by atoms with Crippen LogP contribution in [-0.2, 0) is 11.0 Å². The largest absolute Gasteiger partial charge is 0.416 e. The maximum absolute atomic E-state index is 13.2. The lowest BCUT2D eigenvalue weighted by molar-refractivity contribution is -0.137. The first-order chi connectivity index (χ1) is 13.4. The molecule has 0 amide bonds. The molecule has 3 nitrogen and oxygen atoms in total. The van der Waals surface area contributed by atoms with E-state index < -0.39 is 11.7 Å². The Morgan fingerprint density at radius 3 is 2.39 bits per heavy atom. The molecule has 1 saturated heterocycles. The van der Waals surface area contributed by atoms with E-state index in [4.69, 9.17) is 0 Å². The number of carbonyl (C=O) groups is 1. The summed E-state index contributed by atoms with van der Waals surface area (Å²) in [5, 5.41) is 0. The molecule has 0 saturated carbocycles. The number of fused-ring (bicyclic) bond motifs is 2. The smallest absolute Gasteiger partial charge is 0.340 e. The SMILES string of the molecule is O=C1CCN(CCCN2c3ccccc3Sc3ccc(C(F)(F)F)cc32)CC1. The standard InChI is InChI=1S/C21H21F3N2OS/c22-21(23,24)15-6-7-20-18(14-15)26(17-4-1-2-5-19(17)28-20)11-3-10-25-12-8-16(27)9-13-25/h1-2,4-7,14H,3,8-13H2. The molecule has 2 aromatic rings. The number of rotatable bonds is 4. The molecule has 0 aliphatic carbocycles. The molecule has 1 fully saturated rings. The molecule has 7 heteroatoms. The van der Waals surface area contributed by atoms with Gasteiger partial charge in [-0.1, -0.05) is 23.9 Å². The number of likely N-dealkylation sites (tertiary alicyclic amines) is 1. The Bertz CT molecular complexity index is 874. The first-order valence-electron chi connectivity index (χ1n) is 9.41. The summed E-state index contributed by atoms with van der Waals surface area (Å²) in [6.45, 7) is 3.03. The van der Waals surface area contributed by atoms with Gasteiger partial charge in [0.25, 0.3) is 0 Å². The van der Waals surface area contributed by atoms with Gasteiger partial charge in [0, 0.05) is 42.3 Å². The fourth-order valence-corrected chi connectivity index (χ4v) is 4.80. The van der Waals surface area contributed by atoms with Crippen molar-refractivity contribution >= 4 is 28.9 Å². The third kappa shape index (κ3) is 4.05. The molecule has 2 aliphatic rings. The molecule has 2 heterocycles. The summed E-state index contributed by atoms with van der Waals surface area (Å²) in [7, 11) is 0. The molecule has 28 heavy (non-hydrogen) atoms. The zero-order valence-corrected chi connectivity index (χ0v) is 16.2. The minimum absolute atomic E-state index is 0.312. The number of ketones is 1. The summed E-state index contributed by atoms with van der Waals surface area (Å²) in [5.41, 5.74) is 0.950. The molecule has 2 aliphatic heterocycles. The lowest BCUT2D eigenvalue weighted by atomic mass is 10.1. The van der Waals surface area contributed by atoms with E-state index in [0.29, 0.717) is 30.9 Å². The van der Waals surface area contributed by atoms with Crippen LogP contribution >= 0.6 is 11.8 Å². The Labute approximate surface area is 166 Å². The van der Waals surface area contributed by atoms with Crippen LogP contribution < -0.4 is 4.90 Å². The van der Waals surface area contributed by atoms with Crippen LogP contribution in [0.1, 0.15) is 24.8 Å². The first-order valence-corrected chi connectivity index (χ1v) is 10.2. The number of hydrogen-bond acceptors (Lipinski definition) is 4.